The summed E-state index contributed by atoms with van der Waals surface area (Å²) in [6.07, 6.45) is 1.90. The fraction of sp³-hybridized carbons (Fsp3) is 0.0769. The molecule has 1 heterocycles. The van der Waals surface area contributed by atoms with E-state index < -0.39 is 0 Å². The molecule has 4 aromatic rings. The fourth-order valence-corrected chi connectivity index (χ4v) is 3.28. The molecule has 0 saturated heterocycles. The molecule has 3 aromatic carbocycles. The molecular formula is C26H23N3O. The Bertz CT molecular complexity index is 1150. The molecule has 4 heteroatoms. The van der Waals surface area contributed by atoms with Gasteiger partial charge in [0.25, 0.3) is 5.91 Å². The van der Waals surface area contributed by atoms with E-state index in [-0.39, 0.29) is 5.91 Å². The van der Waals surface area contributed by atoms with Crippen molar-refractivity contribution < 1.29 is 4.79 Å². The zero-order chi connectivity index (χ0) is 20.8. The van der Waals surface area contributed by atoms with Crippen molar-refractivity contribution in [3.63, 3.8) is 0 Å². The summed E-state index contributed by atoms with van der Waals surface area (Å²) in [4.78, 5) is 13.2. The molecule has 1 aromatic heterocycles. The molecule has 0 aliphatic carbocycles. The van der Waals surface area contributed by atoms with Gasteiger partial charge in [0, 0.05) is 17.3 Å². The highest BCUT2D eigenvalue weighted by Crippen LogP contribution is 2.21. The number of aromatic nitrogens is 2. The van der Waals surface area contributed by atoms with E-state index in [1.807, 2.05) is 103 Å². The van der Waals surface area contributed by atoms with Crippen LogP contribution in [0.15, 0.2) is 97.1 Å². The van der Waals surface area contributed by atoms with Crippen molar-refractivity contribution >= 4 is 23.4 Å². The summed E-state index contributed by atoms with van der Waals surface area (Å²) in [7, 11) is 0. The highest BCUT2D eigenvalue weighted by molar-refractivity contribution is 6.29. The van der Waals surface area contributed by atoms with Gasteiger partial charge in [-0.25, -0.2) is 0 Å². The summed E-state index contributed by atoms with van der Waals surface area (Å²) >= 11 is 0. The average molecular weight is 393 g/mol. The van der Waals surface area contributed by atoms with Crippen LogP contribution >= 0.6 is 0 Å². The number of nitrogens with one attached hydrogen (secondary N) is 1. The number of aryl methyl sites for hydroxylation is 1. The Morgan fingerprint density at radius 2 is 1.50 bits per heavy atom. The van der Waals surface area contributed by atoms with E-state index in [9.17, 15) is 4.79 Å². The Kier molecular flexibility index (Phi) is 5.85. The minimum atomic E-state index is -0.186. The van der Waals surface area contributed by atoms with Crippen molar-refractivity contribution in [2.45, 2.75) is 13.5 Å². The van der Waals surface area contributed by atoms with Gasteiger partial charge in [-0.1, -0.05) is 91.0 Å². The van der Waals surface area contributed by atoms with Gasteiger partial charge in [0.1, 0.15) is 0 Å². The number of nitrogens with zero attached hydrogens (tertiary/aromatic N) is 2. The van der Waals surface area contributed by atoms with Crippen LogP contribution in [-0.4, -0.2) is 15.7 Å². The molecule has 0 aliphatic rings. The first-order valence-electron chi connectivity index (χ1n) is 9.91. The van der Waals surface area contributed by atoms with Crippen molar-refractivity contribution in [3.05, 3.63) is 119 Å². The molecule has 0 fully saturated rings. The fourth-order valence-electron chi connectivity index (χ4n) is 3.28. The van der Waals surface area contributed by atoms with Gasteiger partial charge in [-0.15, -0.1) is 0 Å². The lowest BCUT2D eigenvalue weighted by Crippen LogP contribution is -2.14. The lowest BCUT2D eigenvalue weighted by Gasteiger charge is -2.08. The predicted octanol–water partition coefficient (Wildman–Crippen LogP) is 5.42. The van der Waals surface area contributed by atoms with Crippen LogP contribution in [0.4, 0.5) is 5.82 Å². The average Bonchev–Trinajstić information content (AvgIpc) is 3.12. The van der Waals surface area contributed by atoms with E-state index in [0.717, 1.165) is 22.4 Å². The number of carbonyl (C=O) groups is 1. The van der Waals surface area contributed by atoms with Crippen LogP contribution in [0.3, 0.4) is 0 Å². The van der Waals surface area contributed by atoms with Crippen LogP contribution in [0.5, 0.6) is 0 Å². The number of amides is 1. The Balaban J connectivity index is 1.59. The third-order valence-electron chi connectivity index (χ3n) is 4.84. The van der Waals surface area contributed by atoms with E-state index >= 15 is 0 Å². The second-order valence-corrected chi connectivity index (χ2v) is 7.10. The zero-order valence-corrected chi connectivity index (χ0v) is 16.8. The number of anilines is 1. The first-order valence-corrected chi connectivity index (χ1v) is 9.91. The van der Waals surface area contributed by atoms with Crippen molar-refractivity contribution in [1.29, 1.82) is 0 Å². The maximum atomic E-state index is 13.2. The Labute approximate surface area is 176 Å². The lowest BCUT2D eigenvalue weighted by molar-refractivity contribution is -0.111. The largest absolute Gasteiger partial charge is 0.305 e. The Morgan fingerprint density at radius 3 is 2.17 bits per heavy atom. The maximum absolute atomic E-state index is 13.2. The molecule has 30 heavy (non-hydrogen) atoms. The number of benzene rings is 3. The number of hydrogen-bond acceptors (Lipinski definition) is 2. The Morgan fingerprint density at radius 1 is 0.900 bits per heavy atom. The van der Waals surface area contributed by atoms with Crippen LogP contribution in [0.2, 0.25) is 0 Å². The highest BCUT2D eigenvalue weighted by atomic mass is 16.1. The third-order valence-corrected chi connectivity index (χ3v) is 4.84. The van der Waals surface area contributed by atoms with Gasteiger partial charge in [0.05, 0.1) is 6.54 Å². The molecule has 0 aliphatic heterocycles. The molecule has 4 nitrogen and oxygen atoms in total. The number of rotatable bonds is 6. The summed E-state index contributed by atoms with van der Waals surface area (Å²) in [5.41, 5.74) is 4.58. The van der Waals surface area contributed by atoms with Gasteiger partial charge in [0.2, 0.25) is 0 Å². The molecule has 148 valence electrons. The Hall–Kier alpha value is -3.92. The molecule has 0 saturated carbocycles. The second-order valence-electron chi connectivity index (χ2n) is 7.10. The van der Waals surface area contributed by atoms with Crippen molar-refractivity contribution in [2.75, 3.05) is 5.32 Å². The topological polar surface area (TPSA) is 46.9 Å². The molecule has 0 radical (unpaired) electrons. The molecule has 1 N–H and O–H groups in total. The predicted molar refractivity (Wildman–Crippen MR) is 122 cm³/mol. The van der Waals surface area contributed by atoms with Crippen LogP contribution in [-0.2, 0) is 11.3 Å². The molecule has 0 unspecified atom stereocenters. The summed E-state index contributed by atoms with van der Waals surface area (Å²) < 4.78 is 1.90. The quantitative estimate of drug-likeness (QED) is 0.351. The minimum Gasteiger partial charge on any atom is -0.305 e. The van der Waals surface area contributed by atoms with Crippen molar-refractivity contribution in [1.82, 2.24) is 9.78 Å². The molecule has 1 amide bonds. The number of carbonyl (C=O) groups excluding carboxylic acids is 1. The van der Waals surface area contributed by atoms with Gasteiger partial charge < -0.3 is 5.32 Å². The van der Waals surface area contributed by atoms with Crippen LogP contribution in [0.25, 0.3) is 11.6 Å². The highest BCUT2D eigenvalue weighted by Gasteiger charge is 2.15. The summed E-state index contributed by atoms with van der Waals surface area (Å²) in [6.45, 7) is 2.65. The smallest absolute Gasteiger partial charge is 0.257 e. The summed E-state index contributed by atoms with van der Waals surface area (Å²) in [5, 5.41) is 7.55. The molecule has 0 atom stereocenters. The van der Waals surface area contributed by atoms with E-state index in [4.69, 9.17) is 0 Å². The van der Waals surface area contributed by atoms with Crippen molar-refractivity contribution in [3.8, 4) is 0 Å². The third kappa shape index (κ3) is 4.73. The van der Waals surface area contributed by atoms with E-state index in [1.54, 1.807) is 0 Å². The van der Waals surface area contributed by atoms with E-state index in [2.05, 4.69) is 22.5 Å². The molecule has 0 bridgehead atoms. The summed E-state index contributed by atoms with van der Waals surface area (Å²) in [5.74, 6) is 0.359. The minimum absolute atomic E-state index is 0.186. The summed E-state index contributed by atoms with van der Waals surface area (Å²) in [6, 6.07) is 31.6. The van der Waals surface area contributed by atoms with E-state index in [1.165, 1.54) is 0 Å². The van der Waals surface area contributed by atoms with Gasteiger partial charge >= 0.3 is 0 Å². The van der Waals surface area contributed by atoms with Gasteiger partial charge in [0.15, 0.2) is 5.82 Å². The first kappa shape index (κ1) is 19.4. The van der Waals surface area contributed by atoms with Gasteiger partial charge in [-0.3, -0.25) is 9.48 Å². The molecular weight excluding hydrogens is 370 g/mol. The normalized spacial score (nSPS) is 11.3. The zero-order valence-electron chi connectivity index (χ0n) is 16.8. The molecule has 0 spiro atoms. The van der Waals surface area contributed by atoms with Crippen LogP contribution in [0.1, 0.15) is 22.4 Å². The second kappa shape index (κ2) is 9.05. The van der Waals surface area contributed by atoms with Gasteiger partial charge in [-0.2, -0.15) is 5.10 Å². The van der Waals surface area contributed by atoms with Gasteiger partial charge in [-0.05, 0) is 29.7 Å². The van der Waals surface area contributed by atoms with Crippen LogP contribution < -0.4 is 5.32 Å². The maximum Gasteiger partial charge on any atom is 0.257 e. The van der Waals surface area contributed by atoms with Crippen molar-refractivity contribution in [2.24, 2.45) is 0 Å². The standard InChI is InChI=1S/C26H23N3O/c1-20-17-25(28-29(20)19-22-13-7-3-8-14-22)27-26(30)24(23-15-9-4-10-16-23)18-21-11-5-2-6-12-21/h2-18H,19H2,1H3,(H,27,28,30)/b24-18-. The van der Waals surface area contributed by atoms with Crippen LogP contribution in [0, 0.1) is 6.92 Å². The lowest BCUT2D eigenvalue weighted by atomic mass is 10.0. The monoisotopic (exact) mass is 393 g/mol. The first-order chi connectivity index (χ1) is 14.7. The number of hydrogen-bond donors (Lipinski definition) is 1. The molecule has 4 rings (SSSR count). The van der Waals surface area contributed by atoms with E-state index in [0.29, 0.717) is 17.9 Å². The SMILES string of the molecule is Cc1cc(NC(=O)/C(=C\c2ccccc2)c2ccccc2)nn1Cc1ccccc1.